The number of benzene rings is 2. The molecule has 27 heavy (non-hydrogen) atoms. The molecule has 3 rings (SSSR count). The summed E-state index contributed by atoms with van der Waals surface area (Å²) in [5, 5.41) is 0. The fraction of sp³-hybridized carbons (Fsp3) is 0.300. The van der Waals surface area contributed by atoms with E-state index in [1.807, 2.05) is 42.5 Å². The molecule has 7 heteroatoms. The Bertz CT molecular complexity index is 837. The number of likely N-dealkylation sites (tertiary alicyclic amines) is 1. The smallest absolute Gasteiger partial charge is 0.333 e. The molecule has 1 fully saturated rings. The molecule has 0 spiro atoms. The van der Waals surface area contributed by atoms with E-state index in [0.29, 0.717) is 10.6 Å². The Balaban J connectivity index is 1.80. The molecule has 4 nitrogen and oxygen atoms in total. The molecular weight excluding hydrogens is 357 g/mol. The van der Waals surface area contributed by atoms with Crippen molar-refractivity contribution in [2.75, 3.05) is 25.0 Å². The van der Waals surface area contributed by atoms with Crippen LogP contribution in [-0.4, -0.2) is 43.0 Å². The van der Waals surface area contributed by atoms with Gasteiger partial charge in [-0.3, -0.25) is 9.59 Å². The van der Waals surface area contributed by atoms with Crippen molar-refractivity contribution in [2.45, 2.75) is 12.6 Å². The zero-order chi connectivity index (χ0) is 19.6. The first kappa shape index (κ1) is 18.9. The van der Waals surface area contributed by atoms with Gasteiger partial charge in [-0.05, 0) is 11.6 Å². The summed E-state index contributed by atoms with van der Waals surface area (Å²) in [4.78, 5) is 26.9. The Kier molecular flexibility index (Phi) is 5.21. The van der Waals surface area contributed by atoms with Gasteiger partial charge in [0.25, 0.3) is 0 Å². The van der Waals surface area contributed by atoms with E-state index in [1.54, 1.807) is 19.2 Å². The van der Waals surface area contributed by atoms with Gasteiger partial charge in [0.2, 0.25) is 11.8 Å². The maximum absolute atomic E-state index is 12.9. The summed E-state index contributed by atoms with van der Waals surface area (Å²) in [5.41, 5.74) is 2.41. The van der Waals surface area contributed by atoms with E-state index >= 15 is 0 Å². The van der Waals surface area contributed by atoms with E-state index in [4.69, 9.17) is 0 Å². The number of anilines is 1. The lowest BCUT2D eigenvalue weighted by atomic mass is 10.0. The second-order valence-corrected chi connectivity index (χ2v) is 6.57. The fourth-order valence-corrected chi connectivity index (χ4v) is 3.33. The van der Waals surface area contributed by atoms with Gasteiger partial charge in [0, 0.05) is 25.6 Å². The Labute approximate surface area is 155 Å². The summed E-state index contributed by atoms with van der Waals surface area (Å²) < 4.78 is 37.8. The third-order valence-corrected chi connectivity index (χ3v) is 4.61. The summed E-state index contributed by atoms with van der Waals surface area (Å²) in [6.07, 6.45) is -4.67. The molecule has 2 aromatic rings. The average Bonchev–Trinajstić information content (AvgIpc) is 3.00. The molecule has 1 aliphatic heterocycles. The maximum Gasteiger partial charge on any atom is 0.406 e. The van der Waals surface area contributed by atoms with Crippen LogP contribution in [0.25, 0.3) is 11.1 Å². The van der Waals surface area contributed by atoms with Gasteiger partial charge in [-0.1, -0.05) is 48.5 Å². The standard InChI is InChI=1S/C20H19F3N2O2/c1-24(17-10-6-5-9-16(17)14-7-3-2-4-8-14)19(27)15-11-18(26)25(12-15)13-20(21,22)23/h2-10,15H,11-13H2,1H3/t15-/m0/s1. The van der Waals surface area contributed by atoms with Gasteiger partial charge in [0.15, 0.2) is 0 Å². The molecular formula is C20H19F3N2O2. The van der Waals surface area contributed by atoms with Gasteiger partial charge < -0.3 is 9.80 Å². The fourth-order valence-electron chi connectivity index (χ4n) is 3.33. The van der Waals surface area contributed by atoms with Crippen LogP contribution in [0.3, 0.4) is 0 Å². The van der Waals surface area contributed by atoms with Gasteiger partial charge in [0.1, 0.15) is 6.54 Å². The van der Waals surface area contributed by atoms with E-state index < -0.39 is 24.5 Å². The third-order valence-electron chi connectivity index (χ3n) is 4.61. The predicted octanol–water partition coefficient (Wildman–Crippen LogP) is 3.73. The van der Waals surface area contributed by atoms with Crippen LogP contribution in [0.15, 0.2) is 54.6 Å². The topological polar surface area (TPSA) is 40.6 Å². The summed E-state index contributed by atoms with van der Waals surface area (Å²) in [5.74, 6) is -1.79. The summed E-state index contributed by atoms with van der Waals surface area (Å²) in [6, 6.07) is 16.8. The van der Waals surface area contributed by atoms with Crippen LogP contribution in [-0.2, 0) is 9.59 Å². The lowest BCUT2D eigenvalue weighted by Gasteiger charge is -2.24. The number of hydrogen-bond acceptors (Lipinski definition) is 2. The van der Waals surface area contributed by atoms with Crippen molar-refractivity contribution in [3.8, 4) is 11.1 Å². The van der Waals surface area contributed by atoms with E-state index in [1.165, 1.54) is 4.90 Å². The highest BCUT2D eigenvalue weighted by Crippen LogP contribution is 2.32. The minimum absolute atomic E-state index is 0.202. The number of nitrogens with zero attached hydrogens (tertiary/aromatic N) is 2. The number of halogens is 3. The number of hydrogen-bond donors (Lipinski definition) is 0. The molecule has 142 valence electrons. The zero-order valence-corrected chi connectivity index (χ0v) is 14.7. The molecule has 0 N–H and O–H groups in total. The van der Waals surface area contributed by atoms with E-state index in [0.717, 1.165) is 11.1 Å². The van der Waals surface area contributed by atoms with Gasteiger partial charge in [-0.15, -0.1) is 0 Å². The summed E-state index contributed by atoms with van der Waals surface area (Å²) in [7, 11) is 1.58. The highest BCUT2D eigenvalue weighted by molar-refractivity contribution is 6.01. The molecule has 1 aliphatic rings. The minimum atomic E-state index is -4.47. The van der Waals surface area contributed by atoms with Crippen LogP contribution >= 0.6 is 0 Å². The monoisotopic (exact) mass is 376 g/mol. The molecule has 1 heterocycles. The van der Waals surface area contributed by atoms with Crippen LogP contribution in [0, 0.1) is 5.92 Å². The quantitative estimate of drug-likeness (QED) is 0.816. The SMILES string of the molecule is CN(C(=O)[C@H]1CC(=O)N(CC(F)(F)F)C1)c1ccccc1-c1ccccc1. The second kappa shape index (κ2) is 7.42. The van der Waals surface area contributed by atoms with Crippen molar-refractivity contribution in [2.24, 2.45) is 5.92 Å². The molecule has 0 aromatic heterocycles. The number of carbonyl (C=O) groups is 2. The maximum atomic E-state index is 12.9. The van der Waals surface area contributed by atoms with Crippen LogP contribution in [0.2, 0.25) is 0 Å². The van der Waals surface area contributed by atoms with Crippen LogP contribution < -0.4 is 4.90 Å². The van der Waals surface area contributed by atoms with Crippen molar-refractivity contribution < 1.29 is 22.8 Å². The first-order valence-electron chi connectivity index (χ1n) is 8.53. The highest BCUT2D eigenvalue weighted by atomic mass is 19.4. The van der Waals surface area contributed by atoms with Gasteiger partial charge >= 0.3 is 6.18 Å². The van der Waals surface area contributed by atoms with Crippen molar-refractivity contribution in [3.63, 3.8) is 0 Å². The molecule has 0 unspecified atom stereocenters. The molecule has 2 amide bonds. The average molecular weight is 376 g/mol. The van der Waals surface area contributed by atoms with Crippen LogP contribution in [0.4, 0.5) is 18.9 Å². The number of amides is 2. The van der Waals surface area contributed by atoms with Crippen molar-refractivity contribution >= 4 is 17.5 Å². The minimum Gasteiger partial charge on any atom is -0.333 e. The predicted molar refractivity (Wildman–Crippen MR) is 96.0 cm³/mol. The zero-order valence-electron chi connectivity index (χ0n) is 14.7. The summed E-state index contributed by atoms with van der Waals surface area (Å²) >= 11 is 0. The largest absolute Gasteiger partial charge is 0.406 e. The molecule has 1 saturated heterocycles. The van der Waals surface area contributed by atoms with Gasteiger partial charge in [-0.25, -0.2) is 0 Å². The Morgan fingerprint density at radius 2 is 1.74 bits per heavy atom. The Hall–Kier alpha value is -2.83. The molecule has 0 saturated carbocycles. The van der Waals surface area contributed by atoms with Crippen molar-refractivity contribution in [1.29, 1.82) is 0 Å². The van der Waals surface area contributed by atoms with Crippen molar-refractivity contribution in [1.82, 2.24) is 4.90 Å². The van der Waals surface area contributed by atoms with E-state index in [9.17, 15) is 22.8 Å². The summed E-state index contributed by atoms with van der Waals surface area (Å²) in [6.45, 7) is -1.53. The van der Waals surface area contributed by atoms with E-state index in [2.05, 4.69) is 0 Å². The van der Waals surface area contributed by atoms with Crippen molar-refractivity contribution in [3.05, 3.63) is 54.6 Å². The lowest BCUT2D eigenvalue weighted by Crippen LogP contribution is -2.38. The normalized spacial score (nSPS) is 17.3. The molecule has 0 bridgehead atoms. The first-order chi connectivity index (χ1) is 12.8. The van der Waals surface area contributed by atoms with Crippen LogP contribution in [0.1, 0.15) is 6.42 Å². The van der Waals surface area contributed by atoms with E-state index in [-0.39, 0.29) is 18.9 Å². The third kappa shape index (κ3) is 4.30. The Morgan fingerprint density at radius 1 is 1.11 bits per heavy atom. The second-order valence-electron chi connectivity index (χ2n) is 6.57. The molecule has 2 aromatic carbocycles. The number of carbonyl (C=O) groups excluding carboxylic acids is 2. The van der Waals surface area contributed by atoms with Gasteiger partial charge in [0.05, 0.1) is 11.6 Å². The molecule has 0 aliphatic carbocycles. The van der Waals surface area contributed by atoms with Gasteiger partial charge in [-0.2, -0.15) is 13.2 Å². The highest BCUT2D eigenvalue weighted by Gasteiger charge is 2.41. The number of para-hydroxylation sites is 1. The first-order valence-corrected chi connectivity index (χ1v) is 8.53. The number of alkyl halides is 3. The van der Waals surface area contributed by atoms with Crippen LogP contribution in [0.5, 0.6) is 0 Å². The molecule has 1 atom stereocenters. The Morgan fingerprint density at radius 3 is 2.41 bits per heavy atom. The molecule has 0 radical (unpaired) electrons. The number of rotatable bonds is 4. The lowest BCUT2D eigenvalue weighted by molar-refractivity contribution is -0.157.